The summed E-state index contributed by atoms with van der Waals surface area (Å²) in [4.78, 5) is 24.0. The summed E-state index contributed by atoms with van der Waals surface area (Å²) >= 11 is 6.12. The van der Waals surface area contributed by atoms with Crippen LogP contribution in [0.5, 0.6) is 0 Å². The van der Waals surface area contributed by atoms with Crippen molar-refractivity contribution in [2.75, 3.05) is 0 Å². The molecule has 0 saturated carbocycles. The maximum atomic E-state index is 12.8. The summed E-state index contributed by atoms with van der Waals surface area (Å²) in [6.45, 7) is 5.87. The Labute approximate surface area is 181 Å². The standard InChI is InChI=1S/C25H22ClN3O/c1-15-6-19(7-16(2)28-15)25-23-10-21-14-29(13-17-4-3-5-22(26)8-17)24(30)11-18(21)9-20(23)12-27-25/h3-10H,11-14H2,1-2H3. The number of aliphatic imine (C=N–C) groups is 1. The number of amides is 1. The molecule has 3 heterocycles. The van der Waals surface area contributed by atoms with E-state index in [9.17, 15) is 4.79 Å². The van der Waals surface area contributed by atoms with Crippen LogP contribution in [-0.4, -0.2) is 21.5 Å². The second-order valence-corrected chi connectivity index (χ2v) is 8.57. The van der Waals surface area contributed by atoms with E-state index in [0.717, 1.165) is 33.8 Å². The van der Waals surface area contributed by atoms with E-state index in [2.05, 4.69) is 29.2 Å². The Bertz CT molecular complexity index is 1190. The van der Waals surface area contributed by atoms with Gasteiger partial charge < -0.3 is 4.90 Å². The van der Waals surface area contributed by atoms with Crippen LogP contribution in [0, 0.1) is 13.8 Å². The lowest BCUT2D eigenvalue weighted by Crippen LogP contribution is -2.35. The molecule has 1 amide bonds. The number of aryl methyl sites for hydroxylation is 2. The highest BCUT2D eigenvalue weighted by Gasteiger charge is 2.27. The van der Waals surface area contributed by atoms with Crippen LogP contribution in [-0.2, 0) is 30.8 Å². The van der Waals surface area contributed by atoms with Gasteiger partial charge in [0, 0.05) is 40.6 Å². The largest absolute Gasteiger partial charge is 0.334 e. The normalized spacial score (nSPS) is 15.1. The molecule has 0 bridgehead atoms. The third kappa shape index (κ3) is 3.52. The lowest BCUT2D eigenvalue weighted by molar-refractivity contribution is -0.132. The molecule has 0 radical (unpaired) electrons. The molecular weight excluding hydrogens is 394 g/mol. The van der Waals surface area contributed by atoms with Crippen LogP contribution in [0.15, 0.2) is 53.5 Å². The Kier molecular flexibility index (Phi) is 4.67. The van der Waals surface area contributed by atoms with Crippen molar-refractivity contribution in [3.05, 3.63) is 98.3 Å². The highest BCUT2D eigenvalue weighted by molar-refractivity contribution is 6.30. The zero-order valence-electron chi connectivity index (χ0n) is 17.1. The van der Waals surface area contributed by atoms with Gasteiger partial charge in [0.2, 0.25) is 5.91 Å². The minimum absolute atomic E-state index is 0.155. The molecule has 0 saturated heterocycles. The van der Waals surface area contributed by atoms with Crippen LogP contribution in [0.25, 0.3) is 0 Å². The number of pyridine rings is 1. The third-order valence-electron chi connectivity index (χ3n) is 5.76. The molecule has 2 aromatic carbocycles. The summed E-state index contributed by atoms with van der Waals surface area (Å²) in [5.74, 6) is 0.155. The van der Waals surface area contributed by atoms with Gasteiger partial charge in [0.05, 0.1) is 18.7 Å². The first-order valence-corrected chi connectivity index (χ1v) is 10.5. The molecule has 2 aliphatic heterocycles. The Hall–Kier alpha value is -2.98. The number of aromatic nitrogens is 1. The monoisotopic (exact) mass is 415 g/mol. The van der Waals surface area contributed by atoms with Gasteiger partial charge in [0.1, 0.15) is 0 Å². The molecule has 2 aliphatic rings. The van der Waals surface area contributed by atoms with Crippen molar-refractivity contribution >= 4 is 23.2 Å². The predicted octanol–water partition coefficient (Wildman–Crippen LogP) is 4.79. The van der Waals surface area contributed by atoms with Gasteiger partial charge in [-0.25, -0.2) is 0 Å². The van der Waals surface area contributed by atoms with Gasteiger partial charge in [-0.3, -0.25) is 14.8 Å². The minimum Gasteiger partial charge on any atom is -0.334 e. The lowest BCUT2D eigenvalue weighted by atomic mass is 9.91. The van der Waals surface area contributed by atoms with Crippen LogP contribution < -0.4 is 0 Å². The van der Waals surface area contributed by atoms with Crippen molar-refractivity contribution in [2.24, 2.45) is 4.99 Å². The highest BCUT2D eigenvalue weighted by atomic mass is 35.5. The second-order valence-electron chi connectivity index (χ2n) is 8.14. The first-order chi connectivity index (χ1) is 14.5. The zero-order valence-corrected chi connectivity index (χ0v) is 17.8. The SMILES string of the molecule is Cc1cc(C2=NCc3cc4c(cc32)CN(Cc2cccc(Cl)c2)C(=O)C4)cc(C)n1. The van der Waals surface area contributed by atoms with Gasteiger partial charge >= 0.3 is 0 Å². The molecule has 0 aliphatic carbocycles. The molecule has 3 aromatic rings. The Balaban J connectivity index is 1.47. The van der Waals surface area contributed by atoms with Crippen molar-refractivity contribution in [1.82, 2.24) is 9.88 Å². The molecule has 0 N–H and O–H groups in total. The fourth-order valence-corrected chi connectivity index (χ4v) is 4.65. The van der Waals surface area contributed by atoms with E-state index in [0.29, 0.717) is 31.1 Å². The average Bonchev–Trinajstić information content (AvgIpc) is 3.09. The predicted molar refractivity (Wildman–Crippen MR) is 119 cm³/mol. The van der Waals surface area contributed by atoms with Crippen molar-refractivity contribution in [1.29, 1.82) is 0 Å². The summed E-state index contributed by atoms with van der Waals surface area (Å²) in [5, 5.41) is 0.693. The Morgan fingerprint density at radius 3 is 2.57 bits per heavy atom. The van der Waals surface area contributed by atoms with Gasteiger partial charge in [-0.05, 0) is 66.4 Å². The molecule has 30 heavy (non-hydrogen) atoms. The van der Waals surface area contributed by atoms with E-state index in [4.69, 9.17) is 16.6 Å². The summed E-state index contributed by atoms with van der Waals surface area (Å²) < 4.78 is 0. The number of rotatable bonds is 3. The summed E-state index contributed by atoms with van der Waals surface area (Å²) in [7, 11) is 0. The smallest absolute Gasteiger partial charge is 0.227 e. The second kappa shape index (κ2) is 7.37. The van der Waals surface area contributed by atoms with Gasteiger partial charge in [-0.2, -0.15) is 0 Å². The summed E-state index contributed by atoms with van der Waals surface area (Å²) in [5.41, 5.74) is 9.89. The first kappa shape index (κ1) is 19.0. The van der Waals surface area contributed by atoms with Crippen LogP contribution in [0.2, 0.25) is 5.02 Å². The number of carbonyl (C=O) groups is 1. The highest BCUT2D eigenvalue weighted by Crippen LogP contribution is 2.31. The van der Waals surface area contributed by atoms with Crippen LogP contribution in [0.1, 0.15) is 44.8 Å². The Morgan fingerprint density at radius 1 is 1.00 bits per heavy atom. The molecule has 5 heteroatoms. The van der Waals surface area contributed by atoms with Crippen molar-refractivity contribution < 1.29 is 4.79 Å². The molecule has 4 nitrogen and oxygen atoms in total. The zero-order chi connectivity index (χ0) is 20.8. The molecule has 1 aromatic heterocycles. The van der Waals surface area contributed by atoms with Gasteiger partial charge in [-0.1, -0.05) is 29.8 Å². The molecular formula is C25H22ClN3O. The van der Waals surface area contributed by atoms with Gasteiger partial charge in [0.25, 0.3) is 0 Å². The Morgan fingerprint density at radius 2 is 1.80 bits per heavy atom. The number of carbonyl (C=O) groups excluding carboxylic acids is 1. The fourth-order valence-electron chi connectivity index (χ4n) is 4.44. The van der Waals surface area contributed by atoms with E-state index in [-0.39, 0.29) is 5.91 Å². The number of nitrogens with zero attached hydrogens (tertiary/aromatic N) is 3. The van der Waals surface area contributed by atoms with E-state index >= 15 is 0 Å². The number of halogens is 1. The number of fused-ring (bicyclic) bond motifs is 2. The molecule has 0 spiro atoms. The maximum Gasteiger partial charge on any atom is 0.227 e. The average molecular weight is 416 g/mol. The molecule has 0 fully saturated rings. The molecule has 0 unspecified atom stereocenters. The van der Waals surface area contributed by atoms with Crippen molar-refractivity contribution in [3.63, 3.8) is 0 Å². The van der Waals surface area contributed by atoms with E-state index in [1.807, 2.05) is 43.0 Å². The van der Waals surface area contributed by atoms with Crippen molar-refractivity contribution in [2.45, 2.75) is 39.9 Å². The van der Waals surface area contributed by atoms with Gasteiger partial charge in [-0.15, -0.1) is 0 Å². The number of hydrogen-bond acceptors (Lipinski definition) is 3. The first-order valence-electron chi connectivity index (χ1n) is 10.1. The number of benzene rings is 2. The minimum atomic E-state index is 0.155. The maximum absolute atomic E-state index is 12.8. The lowest BCUT2D eigenvalue weighted by Gasteiger charge is -2.29. The quantitative estimate of drug-likeness (QED) is 0.617. The van der Waals surface area contributed by atoms with Gasteiger partial charge in [0.15, 0.2) is 0 Å². The molecule has 0 atom stereocenters. The van der Waals surface area contributed by atoms with Crippen LogP contribution in [0.3, 0.4) is 0 Å². The number of hydrogen-bond donors (Lipinski definition) is 0. The van der Waals surface area contributed by atoms with E-state index in [1.165, 1.54) is 16.7 Å². The van der Waals surface area contributed by atoms with E-state index < -0.39 is 0 Å². The van der Waals surface area contributed by atoms with E-state index in [1.54, 1.807) is 0 Å². The summed E-state index contributed by atoms with van der Waals surface area (Å²) in [6, 6.07) is 16.3. The topological polar surface area (TPSA) is 45.6 Å². The molecule has 150 valence electrons. The summed E-state index contributed by atoms with van der Waals surface area (Å²) in [6.07, 6.45) is 0.436. The third-order valence-corrected chi connectivity index (χ3v) is 6.00. The van der Waals surface area contributed by atoms with Crippen LogP contribution >= 0.6 is 11.6 Å². The molecule has 5 rings (SSSR count). The van der Waals surface area contributed by atoms with Crippen molar-refractivity contribution in [3.8, 4) is 0 Å². The van der Waals surface area contributed by atoms with Crippen LogP contribution in [0.4, 0.5) is 0 Å². The fraction of sp³-hybridized carbons (Fsp3) is 0.240.